The number of rotatable bonds is 6. The fourth-order valence-corrected chi connectivity index (χ4v) is 2.42. The van der Waals surface area contributed by atoms with Crippen LogP contribution in [0.5, 0.6) is 11.5 Å². The van der Waals surface area contributed by atoms with Crippen molar-refractivity contribution in [3.63, 3.8) is 0 Å². The summed E-state index contributed by atoms with van der Waals surface area (Å²) in [5, 5.41) is 4.90. The third kappa shape index (κ3) is 6.88. The summed E-state index contributed by atoms with van der Waals surface area (Å²) < 4.78 is 45.4. The van der Waals surface area contributed by atoms with Crippen molar-refractivity contribution < 1.29 is 22.7 Å². The average molecular weight is 542 g/mol. The topological polar surface area (TPSA) is 88.7 Å². The minimum absolute atomic E-state index is 0. The molecule has 0 heterocycles. The zero-order chi connectivity index (χ0) is 21.5. The van der Waals surface area contributed by atoms with Crippen molar-refractivity contribution >= 4 is 47.2 Å². The Balaban J connectivity index is 0.00000341. The first kappa shape index (κ1) is 24.0. The lowest BCUT2D eigenvalue weighted by Gasteiger charge is -2.09. The number of nitrogens with zero attached hydrogens (tertiary/aromatic N) is 1. The van der Waals surface area contributed by atoms with Gasteiger partial charge in [0.05, 0.1) is 5.69 Å². The summed E-state index contributed by atoms with van der Waals surface area (Å²) >= 11 is 0. The van der Waals surface area contributed by atoms with Crippen molar-refractivity contribution in [2.45, 2.75) is 0 Å². The van der Waals surface area contributed by atoms with Crippen LogP contribution in [0.15, 0.2) is 71.7 Å². The van der Waals surface area contributed by atoms with Gasteiger partial charge in [-0.15, -0.1) is 24.0 Å². The van der Waals surface area contributed by atoms with Crippen LogP contribution in [0.4, 0.5) is 24.5 Å². The van der Waals surface area contributed by atoms with Gasteiger partial charge in [-0.2, -0.15) is 0 Å². The van der Waals surface area contributed by atoms with Crippen LogP contribution in [0.2, 0.25) is 0 Å². The second-order valence-corrected chi connectivity index (χ2v) is 6.04. The molecule has 162 valence electrons. The Hall–Kier alpha value is -3.28. The fourth-order valence-electron chi connectivity index (χ4n) is 2.42. The van der Waals surface area contributed by atoms with Gasteiger partial charge in [-0.3, -0.25) is 4.79 Å². The highest BCUT2D eigenvalue weighted by Gasteiger charge is 2.15. The number of anilines is 2. The summed E-state index contributed by atoms with van der Waals surface area (Å²) in [6, 6.07) is 17.7. The third-order valence-electron chi connectivity index (χ3n) is 3.79. The van der Waals surface area contributed by atoms with Crippen molar-refractivity contribution in [2.75, 3.05) is 17.2 Å². The quantitative estimate of drug-likeness (QED) is 0.179. The van der Waals surface area contributed by atoms with Crippen molar-refractivity contribution in [3.8, 4) is 11.5 Å². The normalized spacial score (nSPS) is 10.7. The molecule has 0 aliphatic rings. The van der Waals surface area contributed by atoms with E-state index in [-0.39, 0.29) is 29.9 Å². The first-order valence-corrected chi connectivity index (χ1v) is 8.75. The lowest BCUT2D eigenvalue weighted by atomic mass is 10.2. The van der Waals surface area contributed by atoms with E-state index < -0.39 is 35.6 Å². The van der Waals surface area contributed by atoms with E-state index >= 15 is 0 Å². The standard InChI is InChI=1S/C21H17F3N4O2.HI/c22-16-9-10-17(20(24)19(16)23)28-18(29)12-26-21(25)27-13-5-4-8-15(11-13)30-14-6-2-1-3-7-14;/h1-11H,12H2,(H,28,29)(H3,25,26,27);1H. The summed E-state index contributed by atoms with van der Waals surface area (Å²) in [6.45, 7) is -0.461. The van der Waals surface area contributed by atoms with E-state index in [1.54, 1.807) is 24.3 Å². The molecule has 0 aliphatic carbocycles. The number of benzene rings is 3. The summed E-state index contributed by atoms with van der Waals surface area (Å²) in [6.07, 6.45) is 0. The molecule has 0 unspecified atom stereocenters. The van der Waals surface area contributed by atoms with Gasteiger partial charge in [0, 0.05) is 11.8 Å². The molecule has 31 heavy (non-hydrogen) atoms. The van der Waals surface area contributed by atoms with Gasteiger partial charge in [0.25, 0.3) is 0 Å². The Labute approximate surface area is 193 Å². The Bertz CT molecular complexity index is 1080. The van der Waals surface area contributed by atoms with Gasteiger partial charge in [-0.1, -0.05) is 24.3 Å². The molecule has 0 aliphatic heterocycles. The number of halogens is 4. The molecule has 6 nitrogen and oxygen atoms in total. The lowest BCUT2D eigenvalue weighted by molar-refractivity contribution is -0.114. The zero-order valence-corrected chi connectivity index (χ0v) is 18.3. The number of nitrogens with two attached hydrogens (primary N) is 1. The lowest BCUT2D eigenvalue weighted by Crippen LogP contribution is -2.25. The van der Waals surface area contributed by atoms with E-state index in [1.807, 2.05) is 30.3 Å². The van der Waals surface area contributed by atoms with Gasteiger partial charge in [-0.05, 0) is 36.4 Å². The van der Waals surface area contributed by atoms with Crippen LogP contribution in [-0.4, -0.2) is 18.4 Å². The Kier molecular flexibility index (Phi) is 8.67. The van der Waals surface area contributed by atoms with Gasteiger partial charge < -0.3 is 21.1 Å². The van der Waals surface area contributed by atoms with Gasteiger partial charge in [0.2, 0.25) is 5.91 Å². The SMILES string of the molecule is I.NC(=NCC(=O)Nc1ccc(F)c(F)c1F)Nc1cccc(Oc2ccccc2)c1. The molecule has 0 spiro atoms. The van der Waals surface area contributed by atoms with E-state index in [0.29, 0.717) is 23.3 Å². The Morgan fingerprint density at radius 2 is 1.61 bits per heavy atom. The molecule has 0 bridgehead atoms. The summed E-state index contributed by atoms with van der Waals surface area (Å²) in [5.74, 6) is -4.12. The molecule has 1 amide bonds. The van der Waals surface area contributed by atoms with Crippen molar-refractivity contribution in [3.05, 3.63) is 84.2 Å². The van der Waals surface area contributed by atoms with Crippen LogP contribution < -0.4 is 21.1 Å². The maximum Gasteiger partial charge on any atom is 0.246 e. The van der Waals surface area contributed by atoms with Crippen LogP contribution in [0.25, 0.3) is 0 Å². The highest BCUT2D eigenvalue weighted by molar-refractivity contribution is 14.0. The molecule has 0 fully saturated rings. The van der Waals surface area contributed by atoms with Crippen LogP contribution in [-0.2, 0) is 4.79 Å². The van der Waals surface area contributed by atoms with Gasteiger partial charge in [0.1, 0.15) is 18.0 Å². The first-order valence-electron chi connectivity index (χ1n) is 8.75. The number of nitrogens with one attached hydrogen (secondary N) is 2. The van der Waals surface area contributed by atoms with Crippen LogP contribution in [0.3, 0.4) is 0 Å². The van der Waals surface area contributed by atoms with Crippen molar-refractivity contribution in [1.82, 2.24) is 0 Å². The van der Waals surface area contributed by atoms with Crippen LogP contribution in [0, 0.1) is 17.5 Å². The number of ether oxygens (including phenoxy) is 1. The maximum absolute atomic E-state index is 13.6. The molecule has 0 atom stereocenters. The number of guanidine groups is 1. The number of amides is 1. The molecule has 0 saturated heterocycles. The van der Waals surface area contributed by atoms with Crippen molar-refractivity contribution in [1.29, 1.82) is 0 Å². The van der Waals surface area contributed by atoms with E-state index in [0.717, 1.165) is 6.07 Å². The number of aliphatic imine (C=N–C) groups is 1. The number of hydrogen-bond donors (Lipinski definition) is 3. The molecular formula is C21H18F3IN4O2. The smallest absolute Gasteiger partial charge is 0.246 e. The zero-order valence-electron chi connectivity index (χ0n) is 15.9. The van der Waals surface area contributed by atoms with E-state index in [2.05, 4.69) is 15.6 Å². The largest absolute Gasteiger partial charge is 0.457 e. The highest BCUT2D eigenvalue weighted by atomic mass is 127. The monoisotopic (exact) mass is 542 g/mol. The molecule has 3 rings (SSSR count). The van der Waals surface area contributed by atoms with Crippen LogP contribution in [0.1, 0.15) is 0 Å². The van der Waals surface area contributed by atoms with E-state index in [9.17, 15) is 18.0 Å². The van der Waals surface area contributed by atoms with E-state index in [4.69, 9.17) is 10.5 Å². The summed E-state index contributed by atoms with van der Waals surface area (Å²) in [4.78, 5) is 15.7. The van der Waals surface area contributed by atoms with Crippen LogP contribution >= 0.6 is 24.0 Å². The fraction of sp³-hybridized carbons (Fsp3) is 0.0476. The number of hydrogen-bond acceptors (Lipinski definition) is 3. The molecule has 10 heteroatoms. The van der Waals surface area contributed by atoms with Crippen molar-refractivity contribution in [2.24, 2.45) is 10.7 Å². The molecular weight excluding hydrogens is 524 g/mol. The van der Waals surface area contributed by atoms with Gasteiger partial charge in [-0.25, -0.2) is 18.2 Å². The average Bonchev–Trinajstić information content (AvgIpc) is 2.74. The highest BCUT2D eigenvalue weighted by Crippen LogP contribution is 2.23. The van der Waals surface area contributed by atoms with E-state index in [1.165, 1.54) is 0 Å². The summed E-state index contributed by atoms with van der Waals surface area (Å²) in [5.41, 5.74) is 5.83. The number of carbonyl (C=O) groups is 1. The minimum Gasteiger partial charge on any atom is -0.457 e. The Morgan fingerprint density at radius 1 is 0.903 bits per heavy atom. The molecule has 3 aromatic rings. The Morgan fingerprint density at radius 3 is 2.35 bits per heavy atom. The second kappa shape index (κ2) is 11.2. The third-order valence-corrected chi connectivity index (χ3v) is 3.79. The molecule has 3 aromatic carbocycles. The first-order chi connectivity index (χ1) is 14.4. The minimum atomic E-state index is -1.67. The number of para-hydroxylation sites is 1. The molecule has 4 N–H and O–H groups in total. The predicted octanol–water partition coefficient (Wildman–Crippen LogP) is 4.88. The number of carbonyl (C=O) groups excluding carboxylic acids is 1. The van der Waals surface area contributed by atoms with Gasteiger partial charge >= 0.3 is 0 Å². The predicted molar refractivity (Wildman–Crippen MR) is 123 cm³/mol. The maximum atomic E-state index is 13.6. The molecule has 0 saturated carbocycles. The van der Waals surface area contributed by atoms with Gasteiger partial charge in [0.15, 0.2) is 23.4 Å². The molecule has 0 radical (unpaired) electrons. The molecule has 0 aromatic heterocycles. The summed E-state index contributed by atoms with van der Waals surface area (Å²) in [7, 11) is 0. The second-order valence-electron chi connectivity index (χ2n) is 6.04.